The average molecular weight is 409 g/mol. The molecule has 1 fully saturated rings. The van der Waals surface area contributed by atoms with Crippen LogP contribution >= 0.6 is 11.3 Å². The molecule has 6 heteroatoms. The van der Waals surface area contributed by atoms with Crippen LogP contribution < -0.4 is 10.5 Å². The van der Waals surface area contributed by atoms with Gasteiger partial charge in [-0.25, -0.2) is 4.98 Å². The van der Waals surface area contributed by atoms with Crippen LogP contribution in [0.4, 0.5) is 0 Å². The van der Waals surface area contributed by atoms with Crippen LogP contribution in [-0.4, -0.2) is 27.6 Å². The van der Waals surface area contributed by atoms with E-state index < -0.39 is 0 Å². The SMILES string of the molecule is NC(COc1nc(-c2ccncc2)nc2sc3c(c12)CCCC3)C1CCCCC1. The van der Waals surface area contributed by atoms with E-state index in [1.807, 2.05) is 23.5 Å². The van der Waals surface area contributed by atoms with Gasteiger partial charge in [0.25, 0.3) is 0 Å². The Labute approximate surface area is 175 Å². The van der Waals surface area contributed by atoms with Crippen LogP contribution in [0.2, 0.25) is 0 Å². The normalized spacial score (nSPS) is 18.5. The van der Waals surface area contributed by atoms with Crippen molar-refractivity contribution in [3.05, 3.63) is 35.0 Å². The molecule has 0 saturated heterocycles. The first-order valence-corrected chi connectivity index (χ1v) is 11.7. The molecule has 2 aliphatic carbocycles. The van der Waals surface area contributed by atoms with E-state index >= 15 is 0 Å². The second-order valence-corrected chi connectivity index (χ2v) is 9.44. The quantitative estimate of drug-likeness (QED) is 0.649. The number of fused-ring (bicyclic) bond motifs is 3. The van der Waals surface area contributed by atoms with Gasteiger partial charge in [-0.05, 0) is 62.1 Å². The third-order valence-corrected chi connectivity index (χ3v) is 7.57. The smallest absolute Gasteiger partial charge is 0.226 e. The summed E-state index contributed by atoms with van der Waals surface area (Å²) in [5, 5.41) is 1.12. The van der Waals surface area contributed by atoms with Crippen molar-refractivity contribution >= 4 is 21.6 Å². The molecule has 0 aromatic carbocycles. The summed E-state index contributed by atoms with van der Waals surface area (Å²) in [5.74, 6) is 1.99. The molecule has 0 spiro atoms. The standard InChI is InChI=1S/C23H28N4OS/c24-18(15-6-2-1-3-7-15)14-28-22-20-17-8-4-5-9-19(17)29-23(20)27-21(26-22)16-10-12-25-13-11-16/h10-13,15,18H,1-9,14,24H2. The fraction of sp³-hybridized carbons (Fsp3) is 0.522. The van der Waals surface area contributed by atoms with Crippen LogP contribution in [0.15, 0.2) is 24.5 Å². The highest BCUT2D eigenvalue weighted by molar-refractivity contribution is 7.18. The van der Waals surface area contributed by atoms with Crippen molar-refractivity contribution in [2.24, 2.45) is 11.7 Å². The van der Waals surface area contributed by atoms with Crippen molar-refractivity contribution in [2.75, 3.05) is 6.61 Å². The lowest BCUT2D eigenvalue weighted by molar-refractivity contribution is 0.210. The van der Waals surface area contributed by atoms with Gasteiger partial charge in [0, 0.05) is 28.9 Å². The first-order chi connectivity index (χ1) is 14.3. The molecule has 152 valence electrons. The summed E-state index contributed by atoms with van der Waals surface area (Å²) in [7, 11) is 0. The number of hydrogen-bond donors (Lipinski definition) is 1. The molecule has 29 heavy (non-hydrogen) atoms. The van der Waals surface area contributed by atoms with Crippen molar-refractivity contribution in [2.45, 2.75) is 63.8 Å². The third kappa shape index (κ3) is 3.88. The number of ether oxygens (including phenoxy) is 1. The number of aryl methyl sites for hydroxylation is 2. The molecule has 5 rings (SSSR count). The number of nitrogens with zero attached hydrogens (tertiary/aromatic N) is 3. The second-order valence-electron chi connectivity index (χ2n) is 8.35. The van der Waals surface area contributed by atoms with E-state index in [0.717, 1.165) is 28.6 Å². The molecule has 1 unspecified atom stereocenters. The number of aromatic nitrogens is 3. The van der Waals surface area contributed by atoms with Crippen LogP contribution in [-0.2, 0) is 12.8 Å². The zero-order valence-electron chi connectivity index (χ0n) is 16.8. The van der Waals surface area contributed by atoms with Gasteiger partial charge in [0.2, 0.25) is 5.88 Å². The summed E-state index contributed by atoms with van der Waals surface area (Å²) >= 11 is 1.81. The zero-order valence-corrected chi connectivity index (χ0v) is 17.6. The lowest BCUT2D eigenvalue weighted by Gasteiger charge is -2.27. The minimum Gasteiger partial charge on any atom is -0.475 e. The molecule has 3 heterocycles. The van der Waals surface area contributed by atoms with Gasteiger partial charge in [0.15, 0.2) is 5.82 Å². The molecule has 1 saturated carbocycles. The Morgan fingerprint density at radius 2 is 1.83 bits per heavy atom. The minimum absolute atomic E-state index is 0.0687. The summed E-state index contributed by atoms with van der Waals surface area (Å²) in [5.41, 5.74) is 8.90. The molecule has 5 nitrogen and oxygen atoms in total. The van der Waals surface area contributed by atoms with E-state index in [9.17, 15) is 0 Å². The van der Waals surface area contributed by atoms with E-state index in [-0.39, 0.29) is 6.04 Å². The molecule has 3 aromatic heterocycles. The number of pyridine rings is 1. The molecule has 2 N–H and O–H groups in total. The molecular weight excluding hydrogens is 380 g/mol. The maximum atomic E-state index is 6.53. The fourth-order valence-electron chi connectivity index (χ4n) is 4.73. The van der Waals surface area contributed by atoms with Gasteiger partial charge in [0.1, 0.15) is 11.4 Å². The van der Waals surface area contributed by atoms with Crippen LogP contribution in [0.3, 0.4) is 0 Å². The zero-order chi connectivity index (χ0) is 19.6. The van der Waals surface area contributed by atoms with Gasteiger partial charge < -0.3 is 10.5 Å². The Morgan fingerprint density at radius 3 is 2.66 bits per heavy atom. The summed E-state index contributed by atoms with van der Waals surface area (Å²) < 4.78 is 6.34. The molecular formula is C23H28N4OS. The van der Waals surface area contributed by atoms with E-state index in [4.69, 9.17) is 20.4 Å². The van der Waals surface area contributed by atoms with E-state index in [2.05, 4.69) is 4.98 Å². The van der Waals surface area contributed by atoms with Crippen molar-refractivity contribution < 1.29 is 4.74 Å². The molecule has 0 radical (unpaired) electrons. The molecule has 0 amide bonds. The second kappa shape index (κ2) is 8.36. The molecule has 1 atom stereocenters. The van der Waals surface area contributed by atoms with Crippen LogP contribution in [0, 0.1) is 5.92 Å². The van der Waals surface area contributed by atoms with Gasteiger partial charge in [-0.2, -0.15) is 4.98 Å². The van der Waals surface area contributed by atoms with Crippen molar-refractivity contribution in [3.8, 4) is 17.3 Å². The maximum Gasteiger partial charge on any atom is 0.226 e. The summed E-state index contributed by atoms with van der Waals surface area (Å²) in [4.78, 5) is 16.4. The predicted octanol–water partition coefficient (Wildman–Crippen LogP) is 4.92. The Kier molecular flexibility index (Phi) is 5.46. The monoisotopic (exact) mass is 408 g/mol. The number of nitrogens with two attached hydrogens (primary N) is 1. The molecule has 2 aliphatic rings. The van der Waals surface area contributed by atoms with Gasteiger partial charge in [0.05, 0.1) is 5.39 Å². The maximum absolute atomic E-state index is 6.53. The van der Waals surface area contributed by atoms with Crippen molar-refractivity contribution in [1.29, 1.82) is 0 Å². The molecule has 3 aromatic rings. The topological polar surface area (TPSA) is 73.9 Å². The molecule has 0 bridgehead atoms. The number of rotatable bonds is 5. The largest absolute Gasteiger partial charge is 0.475 e. The average Bonchev–Trinajstić information content (AvgIpc) is 3.17. The summed E-state index contributed by atoms with van der Waals surface area (Å²) in [6.07, 6.45) is 14.6. The van der Waals surface area contributed by atoms with E-state index in [1.54, 1.807) is 12.4 Å². The fourth-order valence-corrected chi connectivity index (χ4v) is 5.98. The van der Waals surface area contributed by atoms with Crippen molar-refractivity contribution in [3.63, 3.8) is 0 Å². The highest BCUT2D eigenvalue weighted by Crippen LogP contribution is 2.40. The van der Waals surface area contributed by atoms with E-state index in [1.165, 1.54) is 55.4 Å². The highest BCUT2D eigenvalue weighted by atomic mass is 32.1. The molecule has 0 aliphatic heterocycles. The highest BCUT2D eigenvalue weighted by Gasteiger charge is 2.25. The minimum atomic E-state index is 0.0687. The van der Waals surface area contributed by atoms with Crippen LogP contribution in [0.1, 0.15) is 55.4 Å². The first-order valence-electron chi connectivity index (χ1n) is 10.9. The first kappa shape index (κ1) is 18.9. The van der Waals surface area contributed by atoms with Gasteiger partial charge in [-0.15, -0.1) is 11.3 Å². The summed E-state index contributed by atoms with van der Waals surface area (Å²) in [6, 6.07) is 3.97. The lowest BCUT2D eigenvalue weighted by atomic mass is 9.84. The Morgan fingerprint density at radius 1 is 1.03 bits per heavy atom. The van der Waals surface area contributed by atoms with Crippen LogP contribution in [0.5, 0.6) is 5.88 Å². The third-order valence-electron chi connectivity index (χ3n) is 6.39. The van der Waals surface area contributed by atoms with Crippen LogP contribution in [0.25, 0.3) is 21.6 Å². The van der Waals surface area contributed by atoms with Crippen molar-refractivity contribution in [1.82, 2.24) is 15.0 Å². The van der Waals surface area contributed by atoms with Gasteiger partial charge in [-0.1, -0.05) is 19.3 Å². The summed E-state index contributed by atoms with van der Waals surface area (Å²) in [6.45, 7) is 0.525. The lowest BCUT2D eigenvalue weighted by Crippen LogP contribution is -2.37. The number of hydrogen-bond acceptors (Lipinski definition) is 6. The Bertz CT molecular complexity index is 981. The van der Waals surface area contributed by atoms with Gasteiger partial charge >= 0.3 is 0 Å². The number of thiophene rings is 1. The Hall–Kier alpha value is -2.05. The van der Waals surface area contributed by atoms with Gasteiger partial charge in [-0.3, -0.25) is 4.98 Å². The predicted molar refractivity (Wildman–Crippen MR) is 117 cm³/mol. The Balaban J connectivity index is 1.50. The van der Waals surface area contributed by atoms with E-state index in [0.29, 0.717) is 24.2 Å².